The normalized spacial score (nSPS) is 19.0. The van der Waals surface area contributed by atoms with Gasteiger partial charge in [0.1, 0.15) is 0 Å². The Morgan fingerprint density at radius 1 is 1.19 bits per heavy atom. The monoisotopic (exact) mass is 458 g/mol. The molecular formula is C23H30N4O4S. The van der Waals surface area contributed by atoms with E-state index in [2.05, 4.69) is 20.3 Å². The van der Waals surface area contributed by atoms with E-state index >= 15 is 0 Å². The van der Waals surface area contributed by atoms with Gasteiger partial charge in [-0.05, 0) is 55.7 Å². The van der Waals surface area contributed by atoms with E-state index in [9.17, 15) is 13.2 Å². The molecule has 172 valence electrons. The zero-order valence-electron chi connectivity index (χ0n) is 18.3. The lowest BCUT2D eigenvalue weighted by molar-refractivity contribution is 0.0858. The highest BCUT2D eigenvalue weighted by atomic mass is 32.2. The Morgan fingerprint density at radius 2 is 2.00 bits per heavy atom. The van der Waals surface area contributed by atoms with Crippen molar-refractivity contribution in [3.63, 3.8) is 0 Å². The van der Waals surface area contributed by atoms with E-state index in [1.807, 2.05) is 19.1 Å². The maximum absolute atomic E-state index is 13.1. The maximum atomic E-state index is 13.1. The van der Waals surface area contributed by atoms with Crippen LogP contribution in [-0.2, 0) is 14.8 Å². The van der Waals surface area contributed by atoms with E-state index in [0.29, 0.717) is 17.8 Å². The van der Waals surface area contributed by atoms with E-state index in [-0.39, 0.29) is 16.9 Å². The number of amides is 1. The Bertz CT molecular complexity index is 1060. The summed E-state index contributed by atoms with van der Waals surface area (Å²) < 4.78 is 34.5. The van der Waals surface area contributed by atoms with Crippen LogP contribution in [0.4, 0.5) is 11.4 Å². The van der Waals surface area contributed by atoms with Gasteiger partial charge in [-0.2, -0.15) is 0 Å². The minimum absolute atomic E-state index is 0.0402. The van der Waals surface area contributed by atoms with Crippen molar-refractivity contribution in [2.75, 3.05) is 49.0 Å². The Morgan fingerprint density at radius 3 is 2.72 bits per heavy atom. The number of anilines is 2. The summed E-state index contributed by atoms with van der Waals surface area (Å²) in [5.41, 5.74) is 2.43. The van der Waals surface area contributed by atoms with Crippen LogP contribution in [0.1, 0.15) is 28.8 Å². The molecule has 0 radical (unpaired) electrons. The van der Waals surface area contributed by atoms with Crippen molar-refractivity contribution in [3.05, 3.63) is 53.6 Å². The van der Waals surface area contributed by atoms with Gasteiger partial charge in [-0.25, -0.2) is 8.42 Å². The Labute approximate surface area is 189 Å². The summed E-state index contributed by atoms with van der Waals surface area (Å²) in [6, 6.07) is 12.0. The molecule has 32 heavy (non-hydrogen) atoms. The van der Waals surface area contributed by atoms with Gasteiger partial charge in [0, 0.05) is 44.9 Å². The summed E-state index contributed by atoms with van der Waals surface area (Å²) in [7, 11) is -3.81. The van der Waals surface area contributed by atoms with Gasteiger partial charge in [-0.1, -0.05) is 12.1 Å². The number of carbonyl (C=O) groups excluding carboxylic acids is 1. The van der Waals surface area contributed by atoms with E-state index < -0.39 is 10.0 Å². The van der Waals surface area contributed by atoms with Gasteiger partial charge >= 0.3 is 0 Å². The van der Waals surface area contributed by atoms with Crippen LogP contribution in [0.2, 0.25) is 0 Å². The average molecular weight is 459 g/mol. The molecule has 9 heteroatoms. The standard InChI is InChI=1S/C23H30N4O4S/c1-17-4-2-6-20(14-17)32(29,30)26-21-15-18(23(28)25-16-19-5-3-13-31-19)7-8-22(21)27-11-9-24-10-12-27/h2,4,6-8,14-15,19,24,26H,3,5,9-13,16H2,1H3,(H,25,28)/t19-/m0/s1. The molecule has 2 aromatic carbocycles. The number of hydrogen-bond acceptors (Lipinski definition) is 6. The number of benzene rings is 2. The van der Waals surface area contributed by atoms with Crippen molar-refractivity contribution in [1.82, 2.24) is 10.6 Å². The first-order valence-corrected chi connectivity index (χ1v) is 12.5. The van der Waals surface area contributed by atoms with Crippen LogP contribution >= 0.6 is 0 Å². The fraction of sp³-hybridized carbons (Fsp3) is 0.435. The van der Waals surface area contributed by atoms with Gasteiger partial charge in [-0.3, -0.25) is 9.52 Å². The van der Waals surface area contributed by atoms with E-state index in [4.69, 9.17) is 4.74 Å². The molecule has 2 fully saturated rings. The molecule has 0 unspecified atom stereocenters. The maximum Gasteiger partial charge on any atom is 0.261 e. The Hall–Kier alpha value is -2.62. The molecule has 1 amide bonds. The Balaban J connectivity index is 1.60. The van der Waals surface area contributed by atoms with Gasteiger partial charge in [0.2, 0.25) is 0 Å². The largest absolute Gasteiger partial charge is 0.376 e. The molecule has 2 heterocycles. The van der Waals surface area contributed by atoms with Crippen molar-refractivity contribution in [2.24, 2.45) is 0 Å². The predicted molar refractivity (Wildman–Crippen MR) is 125 cm³/mol. The molecule has 8 nitrogen and oxygen atoms in total. The Kier molecular flexibility index (Phi) is 6.98. The molecule has 0 aromatic heterocycles. The molecule has 2 aliphatic rings. The third-order valence-electron chi connectivity index (χ3n) is 5.77. The number of rotatable bonds is 7. The summed E-state index contributed by atoms with van der Waals surface area (Å²) in [4.78, 5) is 15.1. The molecule has 2 aliphatic heterocycles. The topological polar surface area (TPSA) is 99.8 Å². The van der Waals surface area contributed by atoms with E-state index in [1.54, 1.807) is 30.3 Å². The summed E-state index contributed by atoms with van der Waals surface area (Å²) in [6.45, 7) is 6.16. The fourth-order valence-electron chi connectivity index (χ4n) is 4.04. The van der Waals surface area contributed by atoms with Crippen LogP contribution in [0.5, 0.6) is 0 Å². The first kappa shape index (κ1) is 22.6. The first-order valence-electron chi connectivity index (χ1n) is 11.0. The lowest BCUT2D eigenvalue weighted by Gasteiger charge is -2.31. The minimum Gasteiger partial charge on any atom is -0.376 e. The fourth-order valence-corrected chi connectivity index (χ4v) is 5.21. The van der Waals surface area contributed by atoms with Crippen LogP contribution in [0.15, 0.2) is 47.4 Å². The first-order chi connectivity index (χ1) is 15.4. The number of nitrogens with one attached hydrogen (secondary N) is 3. The molecular weight excluding hydrogens is 428 g/mol. The predicted octanol–water partition coefficient (Wildman–Crippen LogP) is 2.11. The molecule has 0 bridgehead atoms. The highest BCUT2D eigenvalue weighted by Crippen LogP contribution is 2.30. The number of ether oxygens (including phenoxy) is 1. The van der Waals surface area contributed by atoms with Crippen molar-refractivity contribution in [1.29, 1.82) is 0 Å². The zero-order chi connectivity index (χ0) is 22.6. The van der Waals surface area contributed by atoms with Crippen LogP contribution in [0.3, 0.4) is 0 Å². The zero-order valence-corrected chi connectivity index (χ0v) is 19.1. The molecule has 2 aromatic rings. The van der Waals surface area contributed by atoms with Crippen molar-refractivity contribution < 1.29 is 17.9 Å². The number of sulfonamides is 1. The minimum atomic E-state index is -3.81. The van der Waals surface area contributed by atoms with Gasteiger partial charge in [0.15, 0.2) is 0 Å². The number of carbonyl (C=O) groups is 1. The molecule has 1 atom stereocenters. The van der Waals surface area contributed by atoms with Crippen molar-refractivity contribution >= 4 is 27.3 Å². The molecule has 2 saturated heterocycles. The lowest BCUT2D eigenvalue weighted by Crippen LogP contribution is -2.43. The number of hydrogen-bond donors (Lipinski definition) is 3. The van der Waals surface area contributed by atoms with Crippen molar-refractivity contribution in [3.8, 4) is 0 Å². The van der Waals surface area contributed by atoms with E-state index in [0.717, 1.165) is 56.9 Å². The molecule has 0 saturated carbocycles. The van der Waals surface area contributed by atoms with Gasteiger partial charge < -0.3 is 20.3 Å². The van der Waals surface area contributed by atoms with Gasteiger partial charge in [-0.15, -0.1) is 0 Å². The smallest absolute Gasteiger partial charge is 0.261 e. The van der Waals surface area contributed by atoms with Gasteiger partial charge in [0.05, 0.1) is 22.4 Å². The molecule has 0 aliphatic carbocycles. The second-order valence-electron chi connectivity index (χ2n) is 8.24. The lowest BCUT2D eigenvalue weighted by atomic mass is 10.1. The van der Waals surface area contributed by atoms with Crippen LogP contribution in [0, 0.1) is 6.92 Å². The van der Waals surface area contributed by atoms with Crippen molar-refractivity contribution in [2.45, 2.75) is 30.8 Å². The quantitative estimate of drug-likeness (QED) is 0.588. The number of nitrogens with zero attached hydrogens (tertiary/aromatic N) is 1. The third-order valence-corrected chi connectivity index (χ3v) is 7.14. The third kappa shape index (κ3) is 5.40. The average Bonchev–Trinajstić information content (AvgIpc) is 3.31. The summed E-state index contributed by atoms with van der Waals surface area (Å²) in [6.07, 6.45) is 1.98. The van der Waals surface area contributed by atoms with E-state index in [1.165, 1.54) is 0 Å². The summed E-state index contributed by atoms with van der Waals surface area (Å²) >= 11 is 0. The summed E-state index contributed by atoms with van der Waals surface area (Å²) in [5, 5.41) is 6.21. The van der Waals surface area contributed by atoms with Crippen LogP contribution in [-0.4, -0.2) is 59.8 Å². The number of piperazine rings is 1. The highest BCUT2D eigenvalue weighted by molar-refractivity contribution is 7.92. The van der Waals surface area contributed by atoms with Crippen LogP contribution < -0.4 is 20.3 Å². The molecule has 3 N–H and O–H groups in total. The number of aryl methyl sites for hydroxylation is 1. The van der Waals surface area contributed by atoms with Crippen LogP contribution in [0.25, 0.3) is 0 Å². The molecule has 4 rings (SSSR count). The second kappa shape index (κ2) is 9.89. The summed E-state index contributed by atoms with van der Waals surface area (Å²) in [5.74, 6) is -0.247. The second-order valence-corrected chi connectivity index (χ2v) is 9.92. The SMILES string of the molecule is Cc1cccc(S(=O)(=O)Nc2cc(C(=O)NC[C@@H]3CCCO3)ccc2N2CCNCC2)c1. The molecule has 0 spiro atoms. The van der Waals surface area contributed by atoms with Gasteiger partial charge in [0.25, 0.3) is 15.9 Å². The highest BCUT2D eigenvalue weighted by Gasteiger charge is 2.22.